The molecule has 0 spiro atoms. The van der Waals surface area contributed by atoms with E-state index in [0.29, 0.717) is 28.1 Å². The number of hydrogen-bond donors (Lipinski definition) is 3. The van der Waals surface area contributed by atoms with Gasteiger partial charge < -0.3 is 40.4 Å². The Balaban J connectivity index is 0.000000940. The summed E-state index contributed by atoms with van der Waals surface area (Å²) in [5.74, 6) is -4.62. The number of nitrogens with zero attached hydrogens (tertiary/aromatic N) is 3. The summed E-state index contributed by atoms with van der Waals surface area (Å²) in [6.07, 6.45) is -6.58. The zero-order valence-electron chi connectivity index (χ0n) is 30.3. The number of phenolic OH excluding ortho intramolecular Hbond substituents is 1. The molecule has 0 radical (unpaired) electrons. The normalized spacial score (nSPS) is 12.0. The smallest absolute Gasteiger partial charge is 0.542 e. The minimum Gasteiger partial charge on any atom is -0.542 e. The average molecular weight is 824 g/mol. The van der Waals surface area contributed by atoms with Crippen LogP contribution in [0.1, 0.15) is 45.9 Å². The lowest BCUT2D eigenvalue weighted by molar-refractivity contribution is -0.506. The number of alkyl halides is 6. The van der Waals surface area contributed by atoms with Crippen molar-refractivity contribution in [3.8, 4) is 11.5 Å². The van der Waals surface area contributed by atoms with E-state index < -0.39 is 42.5 Å². The van der Waals surface area contributed by atoms with Gasteiger partial charge in [-0.3, -0.25) is 4.79 Å². The molecule has 13 nitrogen and oxygen atoms in total. The van der Waals surface area contributed by atoms with Crippen LogP contribution in [-0.4, -0.2) is 63.1 Å². The summed E-state index contributed by atoms with van der Waals surface area (Å²) in [5, 5.41) is 21.4. The maximum absolute atomic E-state index is 14.1. The van der Waals surface area contributed by atoms with E-state index in [9.17, 15) is 45.8 Å². The standard InChI is InChI=1S/C35H34F3N5O6S.C2HF3O2/c1-21(2)48-32(46)25-8-10-26(11-9-25)40-33(47)43(30(31(39)45)16-23-4-12-28(44)13-5-23)20-27-19-41-17-22(3)50-34(41)42(27)18-24-6-14-29(15-7-24)49-35(36,37)38;3-2(4,5)1(6)7/h4-15,17,19,21,30H,16,18,20H2,1-3H3,(H3-,39,40,44,45,46,47);(H,6,7)/t30-;/m0./s1. The molecular formula is C37H35F6N5O8S. The monoisotopic (exact) mass is 823 g/mol. The Hall–Kier alpha value is -6.31. The molecule has 0 unspecified atom stereocenters. The van der Waals surface area contributed by atoms with E-state index in [2.05, 4.69) is 10.1 Å². The highest BCUT2D eigenvalue weighted by Crippen LogP contribution is 2.26. The quantitative estimate of drug-likeness (QED) is 0.0868. The average Bonchev–Trinajstić information content (AvgIpc) is 3.62. The maximum Gasteiger partial charge on any atom is 0.573 e. The number of aryl methyl sites for hydroxylation is 1. The second kappa shape index (κ2) is 18.1. The van der Waals surface area contributed by atoms with Crippen molar-refractivity contribution < 1.29 is 69.6 Å². The number of rotatable bonds is 12. The van der Waals surface area contributed by atoms with Crippen molar-refractivity contribution in [2.75, 3.05) is 5.32 Å². The molecule has 2 heterocycles. The fourth-order valence-corrected chi connectivity index (χ4v) is 6.23. The van der Waals surface area contributed by atoms with Crippen molar-refractivity contribution in [3.05, 3.63) is 112 Å². The molecule has 57 heavy (non-hydrogen) atoms. The van der Waals surface area contributed by atoms with Crippen LogP contribution in [0.4, 0.5) is 36.8 Å². The van der Waals surface area contributed by atoms with E-state index in [1.807, 2.05) is 28.3 Å². The number of halogens is 6. The molecule has 0 bridgehead atoms. The van der Waals surface area contributed by atoms with Crippen molar-refractivity contribution in [2.24, 2.45) is 5.73 Å². The third-order valence-electron chi connectivity index (χ3n) is 7.77. The van der Waals surface area contributed by atoms with Gasteiger partial charge in [0.25, 0.3) is 0 Å². The van der Waals surface area contributed by atoms with Crippen molar-refractivity contribution in [1.82, 2.24) is 9.47 Å². The highest BCUT2D eigenvalue weighted by Gasteiger charge is 2.34. The topological polar surface area (TPSA) is 180 Å². The molecule has 1 atom stereocenters. The lowest BCUT2D eigenvalue weighted by atomic mass is 10.0. The largest absolute Gasteiger partial charge is 0.573 e. The summed E-state index contributed by atoms with van der Waals surface area (Å²) in [5.41, 5.74) is 8.46. The predicted octanol–water partition coefficient (Wildman–Crippen LogP) is 5.24. The number of amides is 3. The summed E-state index contributed by atoms with van der Waals surface area (Å²) in [4.78, 5) is 51.3. The van der Waals surface area contributed by atoms with Crippen LogP contribution in [0.15, 0.2) is 85.2 Å². The Kier molecular flexibility index (Phi) is 13.8. The number of imidazole rings is 1. The number of carbonyl (C=O) groups is 4. The molecule has 0 saturated heterocycles. The lowest BCUT2D eigenvalue weighted by Crippen LogP contribution is -2.50. The molecule has 20 heteroatoms. The molecule has 4 N–H and O–H groups in total. The minimum absolute atomic E-state index is 0.0305. The van der Waals surface area contributed by atoms with Crippen molar-refractivity contribution in [3.63, 3.8) is 0 Å². The van der Waals surface area contributed by atoms with Crippen molar-refractivity contribution in [2.45, 2.75) is 65.0 Å². The van der Waals surface area contributed by atoms with Crippen LogP contribution in [0.25, 0.3) is 4.96 Å². The number of aromatic hydroxyl groups is 1. The number of esters is 1. The predicted molar refractivity (Wildman–Crippen MR) is 190 cm³/mol. The van der Waals surface area contributed by atoms with Gasteiger partial charge in [0.2, 0.25) is 5.91 Å². The highest BCUT2D eigenvalue weighted by atomic mass is 32.1. The SMILES string of the molecule is Cc1c[n+]2cc(CN(C(=O)Nc3ccc(C(=O)OC(C)C)cc3)[C@@H](Cc3ccc(O)cc3)C(N)=O)n(Cc3ccc(OC(F)(F)F)cc3)c2s1.O=C([O-])C(F)(F)F. The van der Waals surface area contributed by atoms with Gasteiger partial charge in [0.05, 0.1) is 18.2 Å². The number of fused-ring (bicyclic) bond motifs is 1. The van der Waals surface area contributed by atoms with Gasteiger partial charge in [-0.2, -0.15) is 17.6 Å². The third kappa shape index (κ3) is 12.6. The molecule has 0 fully saturated rings. The van der Waals surface area contributed by atoms with E-state index in [1.165, 1.54) is 76.9 Å². The van der Waals surface area contributed by atoms with Gasteiger partial charge in [0.1, 0.15) is 42.4 Å². The molecule has 3 aromatic carbocycles. The number of anilines is 1. The molecule has 2 aromatic heterocycles. The van der Waals surface area contributed by atoms with Crippen LogP contribution < -0.4 is 25.3 Å². The Labute approximate surface area is 324 Å². The van der Waals surface area contributed by atoms with Gasteiger partial charge in [0, 0.05) is 17.0 Å². The second-order valence-electron chi connectivity index (χ2n) is 12.6. The van der Waals surface area contributed by atoms with E-state index in [-0.39, 0.29) is 37.1 Å². The fraction of sp³-hybridized carbons (Fsp3) is 0.270. The van der Waals surface area contributed by atoms with E-state index >= 15 is 0 Å². The molecule has 0 aliphatic rings. The van der Waals surface area contributed by atoms with Crippen molar-refractivity contribution >= 4 is 45.9 Å². The Morgan fingerprint density at radius 1 is 0.930 bits per heavy atom. The molecule has 0 saturated carbocycles. The lowest BCUT2D eigenvalue weighted by Gasteiger charge is -2.29. The van der Waals surface area contributed by atoms with Crippen LogP contribution >= 0.6 is 11.3 Å². The molecule has 0 aliphatic heterocycles. The van der Waals surface area contributed by atoms with E-state index in [4.69, 9.17) is 20.4 Å². The van der Waals surface area contributed by atoms with Crippen LogP contribution in [0, 0.1) is 6.92 Å². The first-order chi connectivity index (χ1) is 26.6. The number of carboxylic acids is 1. The van der Waals surface area contributed by atoms with Gasteiger partial charge in [-0.15, -0.1) is 13.2 Å². The van der Waals surface area contributed by atoms with Gasteiger partial charge in [-0.25, -0.2) is 14.2 Å². The zero-order chi connectivity index (χ0) is 42.2. The number of carbonyl (C=O) groups excluding carboxylic acids is 4. The van der Waals surface area contributed by atoms with Gasteiger partial charge in [-0.1, -0.05) is 35.6 Å². The first kappa shape index (κ1) is 43.4. The molecule has 304 valence electrons. The molecule has 3 amide bonds. The van der Waals surface area contributed by atoms with Crippen LogP contribution in [-0.2, 0) is 33.8 Å². The van der Waals surface area contributed by atoms with Gasteiger partial charge in [-0.05, 0) is 80.4 Å². The van der Waals surface area contributed by atoms with Crippen LogP contribution in [0.5, 0.6) is 11.5 Å². The number of nitrogens with two attached hydrogens (primary N) is 1. The van der Waals surface area contributed by atoms with Crippen LogP contribution in [0.2, 0.25) is 0 Å². The third-order valence-corrected chi connectivity index (χ3v) is 8.81. The van der Waals surface area contributed by atoms with Crippen LogP contribution in [0.3, 0.4) is 0 Å². The number of nitrogens with one attached hydrogen (secondary N) is 1. The second-order valence-corrected chi connectivity index (χ2v) is 13.8. The molecule has 5 aromatic rings. The first-order valence-corrected chi connectivity index (χ1v) is 17.5. The summed E-state index contributed by atoms with van der Waals surface area (Å²) in [6.45, 7) is 5.52. The number of ether oxygens (including phenoxy) is 2. The summed E-state index contributed by atoms with van der Waals surface area (Å²) in [7, 11) is 0. The van der Waals surface area contributed by atoms with Gasteiger partial charge >= 0.3 is 29.5 Å². The molecule has 5 rings (SSSR count). The van der Waals surface area contributed by atoms with E-state index in [0.717, 1.165) is 9.84 Å². The summed E-state index contributed by atoms with van der Waals surface area (Å²) in [6, 6.07) is 16.0. The molecular weight excluding hydrogens is 788 g/mol. The number of benzene rings is 3. The minimum atomic E-state index is -5.19. The number of primary amides is 1. The Bertz CT molecular complexity index is 2190. The Morgan fingerprint density at radius 2 is 1.51 bits per heavy atom. The number of aliphatic carboxylic acids is 1. The zero-order valence-corrected chi connectivity index (χ0v) is 31.1. The maximum atomic E-state index is 14.1. The number of aromatic nitrogens is 2. The number of carboxylic acid groups (broad SMARTS) is 1. The molecule has 0 aliphatic carbocycles. The highest BCUT2D eigenvalue weighted by molar-refractivity contribution is 7.16. The number of urea groups is 1. The fourth-order valence-electron chi connectivity index (χ4n) is 5.27. The number of hydrogen-bond acceptors (Lipinski definition) is 9. The van der Waals surface area contributed by atoms with Gasteiger partial charge in [0.15, 0.2) is 5.69 Å². The summed E-state index contributed by atoms with van der Waals surface area (Å²) >= 11 is 1.47. The number of phenols is 1. The van der Waals surface area contributed by atoms with E-state index in [1.54, 1.807) is 26.0 Å². The number of thiazole rings is 1. The summed E-state index contributed by atoms with van der Waals surface area (Å²) < 4.78 is 82.8. The Morgan fingerprint density at radius 3 is 2.04 bits per heavy atom. The first-order valence-electron chi connectivity index (χ1n) is 16.7. The van der Waals surface area contributed by atoms with Crippen molar-refractivity contribution in [1.29, 1.82) is 0 Å².